The van der Waals surface area contributed by atoms with Gasteiger partial charge in [-0.2, -0.15) is 0 Å². The molecule has 0 radical (unpaired) electrons. The molecule has 5 rings (SSSR count). The highest BCUT2D eigenvalue weighted by molar-refractivity contribution is 9.10. The summed E-state index contributed by atoms with van der Waals surface area (Å²) in [4.78, 5) is 17.7. The van der Waals surface area contributed by atoms with Crippen LogP contribution in [0.5, 0.6) is 5.75 Å². The average Bonchev–Trinajstić information content (AvgIpc) is 3.39. The maximum atomic E-state index is 11.3. The zero-order chi connectivity index (χ0) is 26.3. The molecule has 4 aromatic rings. The summed E-state index contributed by atoms with van der Waals surface area (Å²) < 4.78 is 8.61. The molecule has 2 aromatic carbocycles. The summed E-state index contributed by atoms with van der Waals surface area (Å²) in [5.74, 6) is 0.425. The predicted molar refractivity (Wildman–Crippen MR) is 151 cm³/mol. The van der Waals surface area contributed by atoms with Gasteiger partial charge in [0.1, 0.15) is 5.75 Å². The van der Waals surface area contributed by atoms with Gasteiger partial charge in [-0.3, -0.25) is 15.1 Å². The molecule has 1 N–H and O–H groups in total. The van der Waals surface area contributed by atoms with E-state index in [9.17, 15) is 10.1 Å². The third-order valence-corrected chi connectivity index (χ3v) is 7.45. The number of aromatic nitrogens is 2. The Bertz CT molecular complexity index is 1490. The number of hydrogen-bond acceptors (Lipinski definition) is 5. The van der Waals surface area contributed by atoms with E-state index in [1.165, 1.54) is 19.2 Å². The van der Waals surface area contributed by atoms with Crippen molar-refractivity contribution in [2.24, 2.45) is 0 Å². The van der Waals surface area contributed by atoms with Crippen LogP contribution in [0.15, 0.2) is 77.4 Å². The number of benzene rings is 2. The lowest BCUT2D eigenvalue weighted by molar-refractivity contribution is -0.384. The summed E-state index contributed by atoms with van der Waals surface area (Å²) >= 11 is 9.37. The van der Waals surface area contributed by atoms with Gasteiger partial charge in [-0.15, -0.1) is 0 Å². The summed E-state index contributed by atoms with van der Waals surface area (Å²) in [7, 11) is 1.52. The van der Waals surface area contributed by atoms with Gasteiger partial charge in [0.25, 0.3) is 5.69 Å². The molecular formula is C27H24BrN5O3S. The van der Waals surface area contributed by atoms with E-state index in [1.807, 2.05) is 56.3 Å². The zero-order valence-electron chi connectivity index (χ0n) is 20.4. The van der Waals surface area contributed by atoms with Gasteiger partial charge in [0, 0.05) is 33.8 Å². The van der Waals surface area contributed by atoms with E-state index in [4.69, 9.17) is 17.0 Å². The minimum atomic E-state index is -0.425. The second kappa shape index (κ2) is 9.95. The first-order valence-electron chi connectivity index (χ1n) is 11.6. The number of nitro benzene ring substituents is 1. The van der Waals surface area contributed by atoms with Crippen LogP contribution in [-0.2, 0) is 0 Å². The molecule has 0 spiro atoms. The minimum Gasteiger partial charge on any atom is -0.494 e. The van der Waals surface area contributed by atoms with Crippen LogP contribution < -0.4 is 15.0 Å². The highest BCUT2D eigenvalue weighted by Gasteiger charge is 2.42. The Balaban J connectivity index is 1.68. The van der Waals surface area contributed by atoms with Crippen molar-refractivity contribution in [1.82, 2.24) is 14.9 Å². The molecule has 37 heavy (non-hydrogen) atoms. The molecule has 0 amide bonds. The summed E-state index contributed by atoms with van der Waals surface area (Å²) in [6, 6.07) is 20.3. The van der Waals surface area contributed by atoms with Crippen LogP contribution in [0.1, 0.15) is 34.7 Å². The molecule has 188 valence electrons. The number of anilines is 1. The summed E-state index contributed by atoms with van der Waals surface area (Å²) in [5, 5.41) is 15.4. The van der Waals surface area contributed by atoms with E-state index in [0.717, 1.165) is 38.5 Å². The van der Waals surface area contributed by atoms with Gasteiger partial charge in [0.15, 0.2) is 5.11 Å². The minimum absolute atomic E-state index is 0.0229. The SMILES string of the molecule is COc1cc([N+](=O)[O-])ccc1-n1c(C)cc(C2C(c3ccccn3)NC(=S)N2c2ccc(Br)cc2)c1C. The quantitative estimate of drug-likeness (QED) is 0.162. The summed E-state index contributed by atoms with van der Waals surface area (Å²) in [6.07, 6.45) is 1.78. The lowest BCUT2D eigenvalue weighted by Gasteiger charge is -2.28. The molecule has 2 aromatic heterocycles. The lowest BCUT2D eigenvalue weighted by atomic mass is 9.96. The fraction of sp³-hybridized carbons (Fsp3) is 0.185. The van der Waals surface area contributed by atoms with Gasteiger partial charge in [-0.1, -0.05) is 22.0 Å². The van der Waals surface area contributed by atoms with Crippen LogP contribution in [0, 0.1) is 24.0 Å². The van der Waals surface area contributed by atoms with E-state index in [2.05, 4.69) is 41.8 Å². The number of pyridine rings is 1. The van der Waals surface area contributed by atoms with Gasteiger partial charge in [-0.25, -0.2) is 0 Å². The van der Waals surface area contributed by atoms with E-state index < -0.39 is 4.92 Å². The molecule has 0 bridgehead atoms. The van der Waals surface area contributed by atoms with Crippen molar-refractivity contribution in [2.75, 3.05) is 12.0 Å². The molecule has 8 nitrogen and oxygen atoms in total. The topological polar surface area (TPSA) is 85.5 Å². The van der Waals surface area contributed by atoms with Crippen LogP contribution in [0.4, 0.5) is 11.4 Å². The molecule has 1 saturated heterocycles. The van der Waals surface area contributed by atoms with Crippen LogP contribution in [0.2, 0.25) is 0 Å². The average molecular weight is 578 g/mol. The second-order valence-corrected chi connectivity index (χ2v) is 10.1. The Morgan fingerprint density at radius 1 is 1.11 bits per heavy atom. The monoisotopic (exact) mass is 577 g/mol. The zero-order valence-corrected chi connectivity index (χ0v) is 22.8. The number of nitro groups is 1. The van der Waals surface area contributed by atoms with Crippen LogP contribution in [0.25, 0.3) is 5.69 Å². The number of thiocarbonyl (C=S) groups is 1. The fourth-order valence-electron chi connectivity index (χ4n) is 4.97. The van der Waals surface area contributed by atoms with Gasteiger partial charge in [-0.05, 0) is 80.2 Å². The molecule has 0 saturated carbocycles. The number of hydrogen-bond donors (Lipinski definition) is 1. The summed E-state index contributed by atoms with van der Waals surface area (Å²) in [5.41, 5.74) is 5.55. The van der Waals surface area contributed by atoms with E-state index in [1.54, 1.807) is 12.3 Å². The van der Waals surface area contributed by atoms with Crippen molar-refractivity contribution in [1.29, 1.82) is 0 Å². The Morgan fingerprint density at radius 3 is 2.51 bits per heavy atom. The fourth-order valence-corrected chi connectivity index (χ4v) is 5.58. The molecule has 3 heterocycles. The number of nitrogens with zero attached hydrogens (tertiary/aromatic N) is 4. The first-order chi connectivity index (χ1) is 17.8. The Morgan fingerprint density at radius 2 is 1.86 bits per heavy atom. The number of methoxy groups -OCH3 is 1. The van der Waals surface area contributed by atoms with E-state index in [-0.39, 0.29) is 17.8 Å². The molecular weight excluding hydrogens is 554 g/mol. The maximum absolute atomic E-state index is 11.3. The van der Waals surface area contributed by atoms with Crippen LogP contribution in [-0.4, -0.2) is 26.7 Å². The Hall–Kier alpha value is -3.76. The van der Waals surface area contributed by atoms with Crippen molar-refractivity contribution in [3.8, 4) is 11.4 Å². The van der Waals surface area contributed by atoms with Gasteiger partial charge in [0.2, 0.25) is 0 Å². The standard InChI is InChI=1S/C27H24BrN5O3S/c1-16-14-21(17(2)31(16)23-12-11-20(33(34)35)15-24(23)36-3)26-25(22-6-4-5-13-29-22)30-27(37)32(26)19-9-7-18(28)8-10-19/h4-15,25-26H,1-3H3,(H,30,37). The second-order valence-electron chi connectivity index (χ2n) is 8.75. The van der Waals surface area contributed by atoms with Crippen molar-refractivity contribution in [3.63, 3.8) is 0 Å². The molecule has 2 unspecified atom stereocenters. The van der Waals surface area contributed by atoms with Crippen LogP contribution in [0.3, 0.4) is 0 Å². The maximum Gasteiger partial charge on any atom is 0.273 e. The Kier molecular flexibility index (Phi) is 6.70. The van der Waals surface area contributed by atoms with E-state index >= 15 is 0 Å². The van der Waals surface area contributed by atoms with Crippen molar-refractivity contribution in [2.45, 2.75) is 25.9 Å². The molecule has 1 aliphatic rings. The van der Waals surface area contributed by atoms with Crippen molar-refractivity contribution >= 4 is 44.6 Å². The first-order valence-corrected chi connectivity index (χ1v) is 12.8. The number of aryl methyl sites for hydroxylation is 1. The number of ether oxygens (including phenoxy) is 1. The third kappa shape index (κ3) is 4.47. The highest BCUT2D eigenvalue weighted by atomic mass is 79.9. The van der Waals surface area contributed by atoms with Gasteiger partial charge in [0.05, 0.1) is 41.6 Å². The van der Waals surface area contributed by atoms with Gasteiger partial charge < -0.3 is 19.5 Å². The van der Waals surface area contributed by atoms with E-state index in [0.29, 0.717) is 10.9 Å². The largest absolute Gasteiger partial charge is 0.494 e. The number of nitrogens with one attached hydrogen (secondary N) is 1. The predicted octanol–water partition coefficient (Wildman–Crippen LogP) is 6.35. The third-order valence-electron chi connectivity index (χ3n) is 6.61. The van der Waals surface area contributed by atoms with Gasteiger partial charge >= 0.3 is 0 Å². The normalized spacial score (nSPS) is 17.1. The summed E-state index contributed by atoms with van der Waals surface area (Å²) in [6.45, 7) is 4.05. The highest BCUT2D eigenvalue weighted by Crippen LogP contribution is 2.44. The van der Waals surface area contributed by atoms with Crippen molar-refractivity contribution in [3.05, 3.63) is 110 Å². The molecule has 1 fully saturated rings. The molecule has 10 heteroatoms. The number of non-ortho nitro benzene ring substituents is 1. The Labute approximate surface area is 228 Å². The molecule has 2 atom stereocenters. The lowest BCUT2D eigenvalue weighted by Crippen LogP contribution is -2.29. The van der Waals surface area contributed by atoms with Crippen LogP contribution >= 0.6 is 28.1 Å². The van der Waals surface area contributed by atoms with Crippen molar-refractivity contribution < 1.29 is 9.66 Å². The molecule has 0 aliphatic carbocycles. The smallest absolute Gasteiger partial charge is 0.273 e. The number of halogens is 1. The molecule has 1 aliphatic heterocycles. The number of rotatable bonds is 6. The first kappa shape index (κ1) is 24.9.